The Morgan fingerprint density at radius 1 is 1.15 bits per heavy atom. The number of alkyl halides is 3. The van der Waals surface area contributed by atoms with Gasteiger partial charge in [-0.15, -0.1) is 0 Å². The van der Waals surface area contributed by atoms with Gasteiger partial charge in [0.1, 0.15) is 0 Å². The summed E-state index contributed by atoms with van der Waals surface area (Å²) in [5.41, 5.74) is 3.60. The van der Waals surface area contributed by atoms with Crippen LogP contribution < -0.4 is 16.2 Å². The smallest absolute Gasteiger partial charge is 0.377 e. The number of benzene rings is 2. The molecule has 1 aliphatic rings. The number of carbonyl (C=O) groups is 1. The van der Waals surface area contributed by atoms with Gasteiger partial charge in [0.15, 0.2) is 0 Å². The summed E-state index contributed by atoms with van der Waals surface area (Å²) in [5.74, 6) is 4.75. The average Bonchev–Trinajstić information content (AvgIpc) is 2.68. The van der Waals surface area contributed by atoms with E-state index in [4.69, 9.17) is 10.6 Å². The average molecular weight is 379 g/mol. The molecule has 1 unspecified atom stereocenters. The van der Waals surface area contributed by atoms with Crippen LogP contribution in [0.15, 0.2) is 48.5 Å². The van der Waals surface area contributed by atoms with Crippen LogP contribution in [0.5, 0.6) is 0 Å². The van der Waals surface area contributed by atoms with Gasteiger partial charge in [0.25, 0.3) is 5.91 Å². The van der Waals surface area contributed by atoms with Gasteiger partial charge in [0, 0.05) is 17.8 Å². The number of anilines is 1. The van der Waals surface area contributed by atoms with Crippen LogP contribution in [0.3, 0.4) is 0 Å². The Hall–Kier alpha value is -2.58. The molecule has 0 bridgehead atoms. The summed E-state index contributed by atoms with van der Waals surface area (Å²) in [7, 11) is 0. The summed E-state index contributed by atoms with van der Waals surface area (Å²) in [6, 6.07) is 12.2. The first kappa shape index (κ1) is 19.2. The van der Waals surface area contributed by atoms with E-state index in [0.717, 1.165) is 23.4 Å². The quantitative estimate of drug-likeness (QED) is 0.487. The van der Waals surface area contributed by atoms with Crippen molar-refractivity contribution in [2.24, 2.45) is 5.84 Å². The minimum absolute atomic E-state index is 0.00956. The molecule has 3 rings (SSSR count). The fourth-order valence-electron chi connectivity index (χ4n) is 3.15. The first-order chi connectivity index (χ1) is 12.9. The molecule has 0 saturated carbocycles. The Labute approximate surface area is 154 Å². The number of hydrazine groups is 1. The van der Waals surface area contributed by atoms with Gasteiger partial charge in [-0.2, -0.15) is 13.2 Å². The second-order valence-electron chi connectivity index (χ2n) is 6.34. The Bertz CT molecular complexity index is 776. The van der Waals surface area contributed by atoms with Crippen LogP contribution in [0.2, 0.25) is 0 Å². The standard InChI is InChI=1S/C19H20F3N3O2/c20-19(21,22)15-5-7-16(8-6-15)25-9-10-27-12-17(25)11-13-1-3-14(4-2-13)18(26)24-23/h1-8,17H,9-12,23H2,(H,24,26). The molecule has 5 nitrogen and oxygen atoms in total. The van der Waals surface area contributed by atoms with Gasteiger partial charge < -0.3 is 9.64 Å². The van der Waals surface area contributed by atoms with Crippen molar-refractivity contribution in [3.8, 4) is 0 Å². The summed E-state index contributed by atoms with van der Waals surface area (Å²) >= 11 is 0. The second-order valence-corrected chi connectivity index (χ2v) is 6.34. The normalized spacial score (nSPS) is 17.6. The number of amides is 1. The fraction of sp³-hybridized carbons (Fsp3) is 0.316. The fourth-order valence-corrected chi connectivity index (χ4v) is 3.15. The molecule has 1 saturated heterocycles. The number of nitrogens with zero attached hydrogens (tertiary/aromatic N) is 1. The summed E-state index contributed by atoms with van der Waals surface area (Å²) < 4.78 is 43.9. The lowest BCUT2D eigenvalue weighted by molar-refractivity contribution is -0.137. The summed E-state index contributed by atoms with van der Waals surface area (Å²) in [5, 5.41) is 0. The van der Waals surface area contributed by atoms with Crippen LogP contribution >= 0.6 is 0 Å². The van der Waals surface area contributed by atoms with Crippen molar-refractivity contribution in [1.29, 1.82) is 0 Å². The van der Waals surface area contributed by atoms with Gasteiger partial charge in [-0.3, -0.25) is 10.2 Å². The molecular weight excluding hydrogens is 359 g/mol. The van der Waals surface area contributed by atoms with Gasteiger partial charge >= 0.3 is 6.18 Å². The van der Waals surface area contributed by atoms with Crippen LogP contribution in [0.4, 0.5) is 18.9 Å². The Kier molecular flexibility index (Phi) is 5.67. The molecule has 2 aromatic rings. The van der Waals surface area contributed by atoms with Crippen LogP contribution in [-0.4, -0.2) is 31.7 Å². The molecule has 3 N–H and O–H groups in total. The second kappa shape index (κ2) is 7.98. The number of ether oxygens (including phenoxy) is 1. The molecule has 27 heavy (non-hydrogen) atoms. The van der Waals surface area contributed by atoms with Crippen molar-refractivity contribution >= 4 is 11.6 Å². The number of nitrogens with two attached hydrogens (primary N) is 1. The van der Waals surface area contributed by atoms with E-state index in [1.54, 1.807) is 12.1 Å². The van der Waals surface area contributed by atoms with Crippen molar-refractivity contribution in [2.45, 2.75) is 18.6 Å². The highest BCUT2D eigenvalue weighted by molar-refractivity contribution is 5.93. The third-order valence-electron chi connectivity index (χ3n) is 4.57. The van der Waals surface area contributed by atoms with E-state index < -0.39 is 11.7 Å². The Morgan fingerprint density at radius 3 is 2.41 bits per heavy atom. The Balaban J connectivity index is 1.74. The van der Waals surface area contributed by atoms with Crippen LogP contribution in [0, 0.1) is 0 Å². The molecule has 144 valence electrons. The SMILES string of the molecule is NNC(=O)c1ccc(CC2COCCN2c2ccc(C(F)(F)F)cc2)cc1. The first-order valence-corrected chi connectivity index (χ1v) is 8.50. The molecule has 1 atom stereocenters. The van der Waals surface area contributed by atoms with Gasteiger partial charge in [0.2, 0.25) is 0 Å². The van der Waals surface area contributed by atoms with E-state index in [1.807, 2.05) is 12.1 Å². The third kappa shape index (κ3) is 4.58. The van der Waals surface area contributed by atoms with Crippen molar-refractivity contribution in [3.63, 3.8) is 0 Å². The number of rotatable bonds is 4. The molecular formula is C19H20F3N3O2. The lowest BCUT2D eigenvalue weighted by Gasteiger charge is -2.37. The first-order valence-electron chi connectivity index (χ1n) is 8.50. The van der Waals surface area contributed by atoms with Crippen molar-refractivity contribution in [3.05, 3.63) is 65.2 Å². The van der Waals surface area contributed by atoms with E-state index >= 15 is 0 Å². The molecule has 0 radical (unpaired) electrons. The van der Waals surface area contributed by atoms with Crippen LogP contribution in [0.1, 0.15) is 21.5 Å². The van der Waals surface area contributed by atoms with E-state index in [0.29, 0.717) is 31.7 Å². The van der Waals surface area contributed by atoms with E-state index in [2.05, 4.69) is 10.3 Å². The molecule has 0 spiro atoms. The number of nitrogens with one attached hydrogen (secondary N) is 1. The third-order valence-corrected chi connectivity index (χ3v) is 4.57. The summed E-state index contributed by atoms with van der Waals surface area (Å²) in [4.78, 5) is 13.6. The monoisotopic (exact) mass is 379 g/mol. The number of morpholine rings is 1. The van der Waals surface area contributed by atoms with Gasteiger partial charge in [-0.05, 0) is 48.4 Å². The number of halogens is 3. The van der Waals surface area contributed by atoms with E-state index in [-0.39, 0.29) is 11.9 Å². The molecule has 1 aliphatic heterocycles. The molecule has 1 heterocycles. The van der Waals surface area contributed by atoms with Gasteiger partial charge in [0.05, 0.1) is 24.8 Å². The van der Waals surface area contributed by atoms with Crippen molar-refractivity contribution in [2.75, 3.05) is 24.7 Å². The topological polar surface area (TPSA) is 67.6 Å². The zero-order valence-corrected chi connectivity index (χ0v) is 14.5. The lowest BCUT2D eigenvalue weighted by Crippen LogP contribution is -2.46. The highest BCUT2D eigenvalue weighted by atomic mass is 19.4. The molecule has 0 aromatic heterocycles. The predicted molar refractivity (Wildman–Crippen MR) is 95.2 cm³/mol. The van der Waals surface area contributed by atoms with E-state index in [1.165, 1.54) is 12.1 Å². The van der Waals surface area contributed by atoms with Crippen LogP contribution in [-0.2, 0) is 17.3 Å². The molecule has 1 fully saturated rings. The molecule has 0 aliphatic carbocycles. The summed E-state index contributed by atoms with van der Waals surface area (Å²) in [6.07, 6.45) is -3.70. The predicted octanol–water partition coefficient (Wildman–Crippen LogP) is 2.76. The number of hydrogen-bond acceptors (Lipinski definition) is 4. The van der Waals surface area contributed by atoms with Crippen molar-refractivity contribution < 1.29 is 22.7 Å². The number of hydrogen-bond donors (Lipinski definition) is 2. The largest absolute Gasteiger partial charge is 0.416 e. The highest BCUT2D eigenvalue weighted by Gasteiger charge is 2.31. The van der Waals surface area contributed by atoms with Crippen LogP contribution in [0.25, 0.3) is 0 Å². The van der Waals surface area contributed by atoms with Gasteiger partial charge in [-0.1, -0.05) is 12.1 Å². The molecule has 2 aromatic carbocycles. The maximum atomic E-state index is 12.8. The summed E-state index contributed by atoms with van der Waals surface area (Å²) in [6.45, 7) is 1.60. The highest BCUT2D eigenvalue weighted by Crippen LogP contribution is 2.31. The maximum Gasteiger partial charge on any atom is 0.416 e. The maximum absolute atomic E-state index is 12.8. The minimum Gasteiger partial charge on any atom is -0.377 e. The number of nitrogen functional groups attached to an aromatic ring is 1. The van der Waals surface area contributed by atoms with Gasteiger partial charge in [-0.25, -0.2) is 5.84 Å². The minimum atomic E-state index is -4.35. The molecule has 1 amide bonds. The van der Waals surface area contributed by atoms with E-state index in [9.17, 15) is 18.0 Å². The zero-order valence-electron chi connectivity index (χ0n) is 14.5. The molecule has 8 heteroatoms. The lowest BCUT2D eigenvalue weighted by atomic mass is 10.0. The van der Waals surface area contributed by atoms with Crippen molar-refractivity contribution in [1.82, 2.24) is 5.43 Å². The number of carbonyl (C=O) groups excluding carboxylic acids is 1. The zero-order chi connectivity index (χ0) is 19.4. The Morgan fingerprint density at radius 2 is 1.81 bits per heavy atom.